The Labute approximate surface area is 200 Å². The minimum atomic E-state index is -0.616. The Morgan fingerprint density at radius 2 is 2.14 bits per heavy atom. The van der Waals surface area contributed by atoms with E-state index in [9.17, 15) is 14.3 Å². The summed E-state index contributed by atoms with van der Waals surface area (Å²) in [4.78, 5) is 17.7. The molecule has 1 amide bonds. The second-order valence-electron chi connectivity index (χ2n) is 8.94. The molecule has 2 aromatic carbocycles. The molecule has 35 heavy (non-hydrogen) atoms. The van der Waals surface area contributed by atoms with Crippen LogP contribution in [0.3, 0.4) is 0 Å². The maximum atomic E-state index is 14.9. The zero-order valence-corrected chi connectivity index (χ0v) is 19.0. The van der Waals surface area contributed by atoms with Gasteiger partial charge in [0.15, 0.2) is 11.6 Å². The molecular weight excluding hydrogens is 451 g/mol. The molecule has 1 aliphatic carbocycles. The van der Waals surface area contributed by atoms with Crippen LogP contribution in [-0.4, -0.2) is 48.5 Å². The fourth-order valence-corrected chi connectivity index (χ4v) is 4.43. The van der Waals surface area contributed by atoms with Gasteiger partial charge in [-0.3, -0.25) is 4.79 Å². The van der Waals surface area contributed by atoms with Crippen LogP contribution in [0.15, 0.2) is 49.2 Å². The van der Waals surface area contributed by atoms with Crippen LogP contribution in [0.5, 0.6) is 5.75 Å². The van der Waals surface area contributed by atoms with Crippen molar-refractivity contribution >= 4 is 11.6 Å². The number of fused-ring (bicyclic) bond motifs is 3. The molecule has 10 heteroatoms. The Balaban J connectivity index is 1.34. The fraction of sp³-hybridized carbons (Fsp3) is 0.280. The maximum Gasteiger partial charge on any atom is 0.258 e. The molecule has 6 rings (SSSR count). The summed E-state index contributed by atoms with van der Waals surface area (Å²) in [6, 6.07) is 7.76. The van der Waals surface area contributed by atoms with Gasteiger partial charge in [-0.25, -0.2) is 9.37 Å². The highest BCUT2D eigenvalue weighted by molar-refractivity contribution is 6.06. The highest BCUT2D eigenvalue weighted by Gasteiger charge is 2.28. The number of hydrogen-bond donors (Lipinski definition) is 2. The lowest BCUT2D eigenvalue weighted by molar-refractivity contribution is 0.102. The first-order valence-corrected chi connectivity index (χ1v) is 11.5. The van der Waals surface area contributed by atoms with Crippen molar-refractivity contribution in [2.24, 2.45) is 0 Å². The van der Waals surface area contributed by atoms with Crippen LogP contribution in [0.1, 0.15) is 46.4 Å². The monoisotopic (exact) mass is 474 g/mol. The summed E-state index contributed by atoms with van der Waals surface area (Å²) in [6.07, 6.45) is 7.44. The summed E-state index contributed by atoms with van der Waals surface area (Å²) in [5.74, 6) is 0.178. The smallest absolute Gasteiger partial charge is 0.258 e. The average Bonchev–Trinajstić information content (AvgIpc) is 3.43. The average molecular weight is 474 g/mol. The Kier molecular flexibility index (Phi) is 5.10. The summed E-state index contributed by atoms with van der Waals surface area (Å²) >= 11 is 0. The molecule has 2 aromatic heterocycles. The standard InChI is InChI=1S/C25H23FN6O3/c1-14-7-19(26)18(8-22(14)31-9-21(27-12-31)15-5-6-15)25(34)29-20-4-2-3-17-23(20)35-11-16(10-33)32-13-28-30-24(17)32/h2-4,7-9,12-13,15-16,33H,5-6,10-11H2,1H3,(H,29,34). The number of aliphatic hydroxyl groups excluding tert-OH is 1. The van der Waals surface area contributed by atoms with Gasteiger partial charge in [0.1, 0.15) is 18.8 Å². The van der Waals surface area contributed by atoms with Crippen molar-refractivity contribution in [2.75, 3.05) is 18.5 Å². The molecule has 178 valence electrons. The van der Waals surface area contributed by atoms with Gasteiger partial charge >= 0.3 is 0 Å². The van der Waals surface area contributed by atoms with E-state index in [0.29, 0.717) is 40.0 Å². The van der Waals surface area contributed by atoms with Crippen LogP contribution < -0.4 is 10.1 Å². The number of rotatable bonds is 5. The first kappa shape index (κ1) is 21.5. The molecule has 0 radical (unpaired) electrons. The lowest BCUT2D eigenvalue weighted by Gasteiger charge is -2.16. The number of amides is 1. The molecule has 4 aromatic rings. The Morgan fingerprint density at radius 3 is 2.94 bits per heavy atom. The van der Waals surface area contributed by atoms with Crippen molar-refractivity contribution in [2.45, 2.75) is 31.7 Å². The van der Waals surface area contributed by atoms with E-state index in [4.69, 9.17) is 4.74 Å². The molecule has 0 saturated heterocycles. The van der Waals surface area contributed by atoms with Gasteiger partial charge in [-0.2, -0.15) is 0 Å². The SMILES string of the molecule is Cc1cc(F)c(C(=O)Nc2cccc3c2OCC(CO)n2cnnc2-3)cc1-n1cnc(C2CC2)c1. The Bertz CT molecular complexity index is 1440. The molecule has 3 heterocycles. The topological polar surface area (TPSA) is 107 Å². The van der Waals surface area contributed by atoms with Crippen molar-refractivity contribution in [3.05, 3.63) is 71.8 Å². The second-order valence-corrected chi connectivity index (χ2v) is 8.94. The Hall–Kier alpha value is -4.05. The zero-order valence-electron chi connectivity index (χ0n) is 19.0. The third kappa shape index (κ3) is 3.75. The number of nitrogens with zero attached hydrogens (tertiary/aromatic N) is 5. The number of aromatic nitrogens is 5. The van der Waals surface area contributed by atoms with Gasteiger partial charge in [0.2, 0.25) is 0 Å². The van der Waals surface area contributed by atoms with Crippen molar-refractivity contribution in [3.8, 4) is 22.8 Å². The number of halogens is 1. The number of aryl methyl sites for hydroxylation is 1. The molecule has 1 atom stereocenters. The first-order chi connectivity index (χ1) is 17.0. The van der Waals surface area contributed by atoms with Crippen molar-refractivity contribution in [1.82, 2.24) is 24.3 Å². The normalized spacial score (nSPS) is 16.7. The minimum absolute atomic E-state index is 0.0881. The highest BCUT2D eigenvalue weighted by Crippen LogP contribution is 2.40. The third-order valence-electron chi connectivity index (χ3n) is 6.51. The largest absolute Gasteiger partial charge is 0.488 e. The van der Waals surface area contributed by atoms with Crippen LogP contribution in [0, 0.1) is 12.7 Å². The van der Waals surface area contributed by atoms with E-state index in [1.807, 2.05) is 10.8 Å². The van der Waals surface area contributed by atoms with E-state index in [0.717, 1.165) is 18.5 Å². The summed E-state index contributed by atoms with van der Waals surface area (Å²) in [7, 11) is 0. The highest BCUT2D eigenvalue weighted by atomic mass is 19.1. The number of benzene rings is 2. The number of hydrogen-bond acceptors (Lipinski definition) is 6. The van der Waals surface area contributed by atoms with Gasteiger partial charge in [0, 0.05) is 12.1 Å². The Morgan fingerprint density at radius 1 is 1.29 bits per heavy atom. The van der Waals surface area contributed by atoms with Crippen molar-refractivity contribution < 1.29 is 19.0 Å². The summed E-state index contributed by atoms with van der Waals surface area (Å²) in [6.45, 7) is 1.80. The second kappa shape index (κ2) is 8.31. The van der Waals surface area contributed by atoms with Gasteiger partial charge in [-0.05, 0) is 49.6 Å². The number of carbonyl (C=O) groups excluding carboxylic acids is 1. The van der Waals surface area contributed by atoms with Gasteiger partial charge in [-0.15, -0.1) is 10.2 Å². The lowest BCUT2D eigenvalue weighted by Crippen LogP contribution is -2.19. The molecule has 2 N–H and O–H groups in total. The van der Waals surface area contributed by atoms with E-state index < -0.39 is 11.7 Å². The number of imidazole rings is 1. The predicted molar refractivity (Wildman–Crippen MR) is 125 cm³/mol. The van der Waals surface area contributed by atoms with Crippen LogP contribution in [0.25, 0.3) is 17.1 Å². The molecule has 2 aliphatic rings. The molecule has 1 saturated carbocycles. The zero-order chi connectivity index (χ0) is 24.1. The van der Waals surface area contributed by atoms with Crippen molar-refractivity contribution in [3.63, 3.8) is 0 Å². The molecule has 1 aliphatic heterocycles. The van der Waals surface area contributed by atoms with E-state index in [2.05, 4.69) is 20.5 Å². The number of aliphatic hydroxyl groups is 1. The fourth-order valence-electron chi connectivity index (χ4n) is 4.43. The first-order valence-electron chi connectivity index (χ1n) is 11.5. The third-order valence-corrected chi connectivity index (χ3v) is 6.51. The van der Waals surface area contributed by atoms with E-state index >= 15 is 0 Å². The van der Waals surface area contributed by atoms with E-state index in [-0.39, 0.29) is 24.8 Å². The molecule has 1 fully saturated rings. The number of anilines is 1. The molecular formula is C25H23FN6O3. The maximum absolute atomic E-state index is 14.9. The van der Waals surface area contributed by atoms with Gasteiger partial charge in [-0.1, -0.05) is 6.07 Å². The number of para-hydroxylation sites is 1. The molecule has 1 unspecified atom stereocenters. The lowest BCUT2D eigenvalue weighted by atomic mass is 10.1. The van der Waals surface area contributed by atoms with Gasteiger partial charge in [0.05, 0.1) is 47.2 Å². The van der Waals surface area contributed by atoms with Gasteiger partial charge < -0.3 is 24.3 Å². The molecule has 0 bridgehead atoms. The van der Waals surface area contributed by atoms with E-state index in [1.54, 1.807) is 42.1 Å². The van der Waals surface area contributed by atoms with Crippen molar-refractivity contribution in [1.29, 1.82) is 0 Å². The molecule has 0 spiro atoms. The minimum Gasteiger partial charge on any atom is -0.488 e. The van der Waals surface area contributed by atoms with Crippen LogP contribution in [-0.2, 0) is 0 Å². The van der Waals surface area contributed by atoms with Crippen LogP contribution >= 0.6 is 0 Å². The summed E-state index contributed by atoms with van der Waals surface area (Å²) < 4.78 is 24.5. The predicted octanol–water partition coefficient (Wildman–Crippen LogP) is 3.63. The number of nitrogens with one attached hydrogen (secondary N) is 1. The molecule has 9 nitrogen and oxygen atoms in total. The van der Waals surface area contributed by atoms with Gasteiger partial charge in [0.25, 0.3) is 5.91 Å². The number of ether oxygens (including phenoxy) is 1. The van der Waals surface area contributed by atoms with Crippen LogP contribution in [0.2, 0.25) is 0 Å². The summed E-state index contributed by atoms with van der Waals surface area (Å²) in [5.41, 5.74) is 3.31. The summed E-state index contributed by atoms with van der Waals surface area (Å²) in [5, 5.41) is 20.7. The quantitative estimate of drug-likeness (QED) is 0.457. The number of carbonyl (C=O) groups is 1. The van der Waals surface area contributed by atoms with E-state index in [1.165, 1.54) is 12.4 Å². The van der Waals surface area contributed by atoms with Crippen LogP contribution in [0.4, 0.5) is 10.1 Å².